The average Bonchev–Trinajstić information content (AvgIpc) is 2.98. The molecule has 1 aromatic heterocycles. The maximum absolute atomic E-state index is 13.2. The number of aryl methyl sites for hydroxylation is 1. The van der Waals surface area contributed by atoms with Gasteiger partial charge in [-0.1, -0.05) is 0 Å². The summed E-state index contributed by atoms with van der Waals surface area (Å²) in [5.41, 5.74) is 1.49. The zero-order valence-corrected chi connectivity index (χ0v) is 15.4. The minimum absolute atomic E-state index is 0.111. The lowest BCUT2D eigenvalue weighted by atomic mass is 10.1. The van der Waals surface area contributed by atoms with Crippen LogP contribution in [0.1, 0.15) is 23.8 Å². The number of methoxy groups -OCH3 is 1. The molecule has 1 amide bonds. The molecule has 7 heteroatoms. The van der Waals surface area contributed by atoms with E-state index in [1.54, 1.807) is 18.9 Å². The number of aromatic nitrogens is 1. The van der Waals surface area contributed by atoms with Crippen LogP contribution in [0.4, 0.5) is 0 Å². The molecule has 1 aliphatic rings. The van der Waals surface area contributed by atoms with E-state index in [0.717, 1.165) is 16.7 Å². The Morgan fingerprint density at radius 2 is 2.12 bits per heavy atom. The van der Waals surface area contributed by atoms with Gasteiger partial charge in [-0.25, -0.2) is 0 Å². The van der Waals surface area contributed by atoms with Crippen molar-refractivity contribution in [3.8, 4) is 5.75 Å². The smallest absolute Gasteiger partial charge is 0.307 e. The van der Waals surface area contributed by atoms with Crippen molar-refractivity contribution in [2.75, 3.05) is 33.5 Å². The van der Waals surface area contributed by atoms with E-state index in [0.29, 0.717) is 32.1 Å². The molecular weight excluding hydrogens is 336 g/mol. The van der Waals surface area contributed by atoms with Crippen LogP contribution in [0.5, 0.6) is 5.75 Å². The van der Waals surface area contributed by atoms with Gasteiger partial charge in [0.05, 0.1) is 44.9 Å². The van der Waals surface area contributed by atoms with Gasteiger partial charge in [-0.15, -0.1) is 0 Å². The van der Waals surface area contributed by atoms with Gasteiger partial charge >= 0.3 is 5.97 Å². The summed E-state index contributed by atoms with van der Waals surface area (Å²) in [6.07, 6.45) is 0.136. The Hall–Kier alpha value is -2.54. The number of fused-ring (bicyclic) bond motifs is 1. The molecule has 0 spiro atoms. The Bertz CT molecular complexity index is 814. The first-order chi connectivity index (χ1) is 12.5. The monoisotopic (exact) mass is 360 g/mol. The maximum Gasteiger partial charge on any atom is 0.307 e. The van der Waals surface area contributed by atoms with Crippen LogP contribution in [0.3, 0.4) is 0 Å². The van der Waals surface area contributed by atoms with Crippen LogP contribution in [0.2, 0.25) is 0 Å². The molecule has 1 fully saturated rings. The van der Waals surface area contributed by atoms with Crippen molar-refractivity contribution in [2.45, 2.75) is 19.4 Å². The van der Waals surface area contributed by atoms with Gasteiger partial charge in [0.1, 0.15) is 11.4 Å². The van der Waals surface area contributed by atoms with Gasteiger partial charge in [0.25, 0.3) is 5.91 Å². The molecule has 0 bridgehead atoms. The third-order valence-corrected chi connectivity index (χ3v) is 4.67. The van der Waals surface area contributed by atoms with E-state index >= 15 is 0 Å². The largest absolute Gasteiger partial charge is 0.497 e. The summed E-state index contributed by atoms with van der Waals surface area (Å²) in [6, 6.07) is 7.26. The summed E-state index contributed by atoms with van der Waals surface area (Å²) in [6.45, 7) is 3.34. The SMILES string of the molecule is CCOC(=O)CC1COCCN1C(=O)c1cc2ccc(OC)cc2n1C. The van der Waals surface area contributed by atoms with Crippen molar-refractivity contribution in [3.63, 3.8) is 0 Å². The molecule has 1 atom stereocenters. The van der Waals surface area contributed by atoms with Crippen molar-refractivity contribution in [2.24, 2.45) is 7.05 Å². The summed E-state index contributed by atoms with van der Waals surface area (Å²) in [5, 5.41) is 0.965. The van der Waals surface area contributed by atoms with E-state index in [4.69, 9.17) is 14.2 Å². The quantitative estimate of drug-likeness (QED) is 0.763. The molecule has 1 aromatic carbocycles. The lowest BCUT2D eigenvalue weighted by molar-refractivity contribution is -0.145. The Labute approximate surface area is 152 Å². The summed E-state index contributed by atoms with van der Waals surface area (Å²) in [7, 11) is 3.47. The van der Waals surface area contributed by atoms with Crippen LogP contribution in [0.25, 0.3) is 10.9 Å². The second-order valence-corrected chi connectivity index (χ2v) is 6.25. The molecule has 0 saturated carbocycles. The number of hydrogen-bond donors (Lipinski definition) is 0. The number of hydrogen-bond acceptors (Lipinski definition) is 5. The number of amides is 1. The normalized spacial score (nSPS) is 17.3. The third-order valence-electron chi connectivity index (χ3n) is 4.67. The van der Waals surface area contributed by atoms with Gasteiger partial charge in [0, 0.05) is 25.0 Å². The number of morpholine rings is 1. The topological polar surface area (TPSA) is 70.0 Å². The number of carbonyl (C=O) groups is 2. The van der Waals surface area contributed by atoms with E-state index in [9.17, 15) is 9.59 Å². The van der Waals surface area contributed by atoms with E-state index < -0.39 is 0 Å². The van der Waals surface area contributed by atoms with Gasteiger partial charge in [-0.2, -0.15) is 0 Å². The molecule has 3 rings (SSSR count). The summed E-state index contributed by atoms with van der Waals surface area (Å²) >= 11 is 0. The van der Waals surface area contributed by atoms with Crippen molar-refractivity contribution in [1.29, 1.82) is 0 Å². The molecule has 26 heavy (non-hydrogen) atoms. The minimum Gasteiger partial charge on any atom is -0.497 e. The molecule has 2 aromatic rings. The van der Waals surface area contributed by atoms with Gasteiger partial charge in [-0.3, -0.25) is 9.59 Å². The first kappa shape index (κ1) is 18.3. The fourth-order valence-corrected chi connectivity index (χ4v) is 3.29. The number of esters is 1. The number of ether oxygens (including phenoxy) is 3. The third kappa shape index (κ3) is 3.53. The highest BCUT2D eigenvalue weighted by Gasteiger charge is 2.31. The average molecular weight is 360 g/mol. The molecule has 0 aliphatic carbocycles. The lowest BCUT2D eigenvalue weighted by Gasteiger charge is -2.35. The van der Waals surface area contributed by atoms with Crippen molar-refractivity contribution < 1.29 is 23.8 Å². The number of rotatable bonds is 5. The maximum atomic E-state index is 13.2. The van der Waals surface area contributed by atoms with Gasteiger partial charge in [-0.05, 0) is 25.1 Å². The summed E-state index contributed by atoms with van der Waals surface area (Å²) < 4.78 is 17.6. The Morgan fingerprint density at radius 1 is 1.31 bits per heavy atom. The highest BCUT2D eigenvalue weighted by atomic mass is 16.5. The summed E-state index contributed by atoms with van der Waals surface area (Å²) in [5.74, 6) is 0.312. The standard InChI is InChI=1S/C19H24N2O5/c1-4-26-18(22)10-14-12-25-8-7-21(14)19(23)17-9-13-5-6-15(24-3)11-16(13)20(17)2/h5-6,9,11,14H,4,7-8,10,12H2,1-3H3. The molecule has 0 N–H and O–H groups in total. The van der Waals surface area contributed by atoms with E-state index in [1.807, 2.05) is 35.9 Å². The lowest BCUT2D eigenvalue weighted by Crippen LogP contribution is -2.50. The van der Waals surface area contributed by atoms with Crippen molar-refractivity contribution in [1.82, 2.24) is 9.47 Å². The Balaban J connectivity index is 1.87. The molecule has 1 aliphatic heterocycles. The molecule has 7 nitrogen and oxygen atoms in total. The first-order valence-electron chi connectivity index (χ1n) is 8.73. The van der Waals surface area contributed by atoms with Crippen LogP contribution in [-0.4, -0.2) is 60.9 Å². The Morgan fingerprint density at radius 3 is 2.85 bits per heavy atom. The number of benzene rings is 1. The molecule has 2 heterocycles. The second kappa shape index (κ2) is 7.78. The van der Waals surface area contributed by atoms with Gasteiger partial charge in [0.15, 0.2) is 0 Å². The predicted molar refractivity (Wildman–Crippen MR) is 96.4 cm³/mol. The summed E-state index contributed by atoms with van der Waals surface area (Å²) in [4.78, 5) is 26.7. The van der Waals surface area contributed by atoms with Crippen LogP contribution in [0.15, 0.2) is 24.3 Å². The van der Waals surface area contributed by atoms with Crippen molar-refractivity contribution in [3.05, 3.63) is 30.0 Å². The van der Waals surface area contributed by atoms with Crippen LogP contribution < -0.4 is 4.74 Å². The highest BCUT2D eigenvalue weighted by Crippen LogP contribution is 2.25. The molecule has 1 saturated heterocycles. The van der Waals surface area contributed by atoms with Crippen LogP contribution >= 0.6 is 0 Å². The minimum atomic E-state index is -0.317. The zero-order valence-electron chi connectivity index (χ0n) is 15.4. The molecule has 140 valence electrons. The van der Waals surface area contributed by atoms with E-state index in [-0.39, 0.29) is 24.3 Å². The molecule has 0 radical (unpaired) electrons. The van der Waals surface area contributed by atoms with Gasteiger partial charge < -0.3 is 23.7 Å². The fourth-order valence-electron chi connectivity index (χ4n) is 3.29. The molecule has 1 unspecified atom stereocenters. The van der Waals surface area contributed by atoms with E-state index in [2.05, 4.69) is 0 Å². The highest BCUT2D eigenvalue weighted by molar-refractivity contribution is 5.99. The van der Waals surface area contributed by atoms with Gasteiger partial charge in [0.2, 0.25) is 0 Å². The van der Waals surface area contributed by atoms with Crippen LogP contribution in [-0.2, 0) is 21.3 Å². The van der Waals surface area contributed by atoms with Crippen molar-refractivity contribution >= 4 is 22.8 Å². The predicted octanol–water partition coefficient (Wildman–Crippen LogP) is 1.98. The number of carbonyl (C=O) groups excluding carboxylic acids is 2. The molecular formula is C19H24N2O5. The Kier molecular flexibility index (Phi) is 5.46. The van der Waals surface area contributed by atoms with E-state index in [1.165, 1.54) is 0 Å². The fraction of sp³-hybridized carbons (Fsp3) is 0.474. The second-order valence-electron chi connectivity index (χ2n) is 6.25. The number of nitrogens with zero attached hydrogens (tertiary/aromatic N) is 2. The van der Waals surface area contributed by atoms with Crippen LogP contribution in [0, 0.1) is 0 Å². The zero-order chi connectivity index (χ0) is 18.7. The first-order valence-corrected chi connectivity index (χ1v) is 8.73.